The summed E-state index contributed by atoms with van der Waals surface area (Å²) in [4.78, 5) is 0. The molecule has 128 valence electrons. The third-order valence-electron chi connectivity index (χ3n) is 3.51. The fourth-order valence-corrected chi connectivity index (χ4v) is 2.67. The first kappa shape index (κ1) is 17.7. The van der Waals surface area contributed by atoms with Crippen molar-refractivity contribution in [1.29, 1.82) is 0 Å². The van der Waals surface area contributed by atoms with Gasteiger partial charge in [0.25, 0.3) is 0 Å². The summed E-state index contributed by atoms with van der Waals surface area (Å²) < 4.78 is 1.84. The predicted octanol–water partition coefficient (Wildman–Crippen LogP) is 4.72. The smallest absolute Gasteiger partial charge is 0.172 e. The molecule has 1 heterocycles. The lowest BCUT2D eigenvalue weighted by molar-refractivity contribution is 0.690. The van der Waals surface area contributed by atoms with Crippen LogP contribution in [0.1, 0.15) is 11.1 Å². The van der Waals surface area contributed by atoms with Gasteiger partial charge < -0.3 is 10.6 Å². The first-order chi connectivity index (χ1) is 12.1. The molecule has 3 rings (SSSR count). The van der Waals surface area contributed by atoms with E-state index in [-0.39, 0.29) is 0 Å². The molecule has 0 atom stereocenters. The Kier molecular flexibility index (Phi) is 5.91. The zero-order valence-corrected chi connectivity index (χ0v) is 15.6. The van der Waals surface area contributed by atoms with Crippen LogP contribution in [0.15, 0.2) is 60.8 Å². The minimum Gasteiger partial charge on any atom is -0.358 e. The van der Waals surface area contributed by atoms with Gasteiger partial charge in [-0.2, -0.15) is 5.10 Å². The number of rotatable bonds is 5. The van der Waals surface area contributed by atoms with Gasteiger partial charge in [0.05, 0.1) is 6.54 Å². The van der Waals surface area contributed by atoms with E-state index in [1.54, 1.807) is 0 Å². The van der Waals surface area contributed by atoms with Crippen LogP contribution in [-0.2, 0) is 13.1 Å². The Morgan fingerprint density at radius 2 is 1.52 bits per heavy atom. The Morgan fingerprint density at radius 1 is 0.920 bits per heavy atom. The highest BCUT2D eigenvalue weighted by atomic mass is 35.5. The Bertz CT molecular complexity index is 844. The maximum Gasteiger partial charge on any atom is 0.172 e. The maximum atomic E-state index is 5.90. The number of nitrogens with zero attached hydrogens (tertiary/aromatic N) is 2. The molecule has 0 fully saturated rings. The van der Waals surface area contributed by atoms with E-state index in [9.17, 15) is 0 Å². The number of thiocarbonyl (C=S) groups is 1. The summed E-state index contributed by atoms with van der Waals surface area (Å²) in [7, 11) is 0. The van der Waals surface area contributed by atoms with E-state index in [0.717, 1.165) is 21.2 Å². The molecule has 0 bridgehead atoms. The van der Waals surface area contributed by atoms with Crippen LogP contribution in [0.5, 0.6) is 0 Å². The van der Waals surface area contributed by atoms with Crippen molar-refractivity contribution in [1.82, 2.24) is 15.1 Å². The molecule has 0 radical (unpaired) electrons. The molecule has 25 heavy (non-hydrogen) atoms. The Balaban J connectivity index is 1.51. The lowest BCUT2D eigenvalue weighted by Gasteiger charge is -2.09. The molecule has 0 saturated carbocycles. The van der Waals surface area contributed by atoms with Gasteiger partial charge in [0.2, 0.25) is 0 Å². The number of hydrogen-bond acceptors (Lipinski definition) is 2. The molecule has 2 N–H and O–H groups in total. The average Bonchev–Trinajstić information content (AvgIpc) is 3.03. The quantitative estimate of drug-likeness (QED) is 0.618. The molecular formula is C18H16Cl2N4S. The van der Waals surface area contributed by atoms with Crippen molar-refractivity contribution < 1.29 is 0 Å². The Labute approximate surface area is 161 Å². The second-order valence-corrected chi connectivity index (χ2v) is 6.74. The second-order valence-electron chi connectivity index (χ2n) is 5.46. The molecule has 3 aromatic rings. The molecule has 0 aliphatic carbocycles. The SMILES string of the molecule is S=C(NCc1ccc(Cl)cc1)Nc1ccn(Cc2ccc(Cl)cc2)n1. The van der Waals surface area contributed by atoms with E-state index < -0.39 is 0 Å². The first-order valence-electron chi connectivity index (χ1n) is 7.66. The van der Waals surface area contributed by atoms with Crippen molar-refractivity contribution in [2.75, 3.05) is 5.32 Å². The fraction of sp³-hybridized carbons (Fsp3) is 0.111. The normalized spacial score (nSPS) is 10.5. The van der Waals surface area contributed by atoms with Gasteiger partial charge in [-0.3, -0.25) is 4.68 Å². The lowest BCUT2D eigenvalue weighted by atomic mass is 10.2. The van der Waals surface area contributed by atoms with Crippen LogP contribution in [0.4, 0.5) is 5.82 Å². The molecular weight excluding hydrogens is 375 g/mol. The summed E-state index contributed by atoms with van der Waals surface area (Å²) in [5, 5.41) is 12.7. The van der Waals surface area contributed by atoms with Crippen molar-refractivity contribution in [2.45, 2.75) is 13.1 Å². The summed E-state index contributed by atoms with van der Waals surface area (Å²) in [5.74, 6) is 0.697. The molecule has 7 heteroatoms. The van der Waals surface area contributed by atoms with Crippen LogP contribution < -0.4 is 10.6 Å². The van der Waals surface area contributed by atoms with E-state index in [0.29, 0.717) is 24.0 Å². The lowest BCUT2D eigenvalue weighted by Crippen LogP contribution is -2.28. The highest BCUT2D eigenvalue weighted by Gasteiger charge is 2.03. The predicted molar refractivity (Wildman–Crippen MR) is 107 cm³/mol. The van der Waals surface area contributed by atoms with Crippen LogP contribution >= 0.6 is 35.4 Å². The number of anilines is 1. The number of nitrogens with one attached hydrogen (secondary N) is 2. The van der Waals surface area contributed by atoms with Crippen LogP contribution in [-0.4, -0.2) is 14.9 Å². The molecule has 1 aromatic heterocycles. The van der Waals surface area contributed by atoms with E-state index in [4.69, 9.17) is 35.4 Å². The van der Waals surface area contributed by atoms with Crippen LogP contribution in [0.2, 0.25) is 10.0 Å². The highest BCUT2D eigenvalue weighted by Crippen LogP contribution is 2.12. The third-order valence-corrected chi connectivity index (χ3v) is 4.26. The molecule has 0 saturated heterocycles. The standard InChI is InChI=1S/C18H16Cl2N4S/c19-15-5-1-13(2-6-15)11-21-18(25)22-17-9-10-24(23-17)12-14-3-7-16(20)8-4-14/h1-10H,11-12H2,(H2,21,22,23,25). The first-order valence-corrected chi connectivity index (χ1v) is 8.82. The highest BCUT2D eigenvalue weighted by molar-refractivity contribution is 7.80. The molecule has 0 spiro atoms. The van der Waals surface area contributed by atoms with Gasteiger partial charge >= 0.3 is 0 Å². The number of hydrogen-bond donors (Lipinski definition) is 2. The van der Waals surface area contributed by atoms with Crippen molar-refractivity contribution in [3.8, 4) is 0 Å². The van der Waals surface area contributed by atoms with Gasteiger partial charge in [-0.1, -0.05) is 47.5 Å². The largest absolute Gasteiger partial charge is 0.358 e. The zero-order chi connectivity index (χ0) is 17.6. The summed E-state index contributed by atoms with van der Waals surface area (Å²) >= 11 is 17.1. The van der Waals surface area contributed by atoms with E-state index >= 15 is 0 Å². The molecule has 2 aromatic carbocycles. The third kappa shape index (κ3) is 5.46. The van der Waals surface area contributed by atoms with Crippen molar-refractivity contribution in [2.24, 2.45) is 0 Å². The monoisotopic (exact) mass is 390 g/mol. The van der Waals surface area contributed by atoms with E-state index in [2.05, 4.69) is 15.7 Å². The van der Waals surface area contributed by atoms with Crippen LogP contribution in [0.25, 0.3) is 0 Å². The average molecular weight is 391 g/mol. The molecule has 0 aliphatic heterocycles. The molecule has 0 amide bonds. The minimum atomic E-state index is 0.520. The van der Waals surface area contributed by atoms with Gasteiger partial charge in [-0.25, -0.2) is 0 Å². The summed E-state index contributed by atoms with van der Waals surface area (Å²) in [5.41, 5.74) is 2.23. The Hall–Kier alpha value is -2.08. The number of benzene rings is 2. The molecule has 0 aliphatic rings. The van der Waals surface area contributed by atoms with Gasteiger partial charge in [-0.05, 0) is 47.6 Å². The zero-order valence-electron chi connectivity index (χ0n) is 13.2. The maximum absolute atomic E-state index is 5.90. The van der Waals surface area contributed by atoms with Gasteiger partial charge in [0, 0.05) is 28.9 Å². The summed E-state index contributed by atoms with van der Waals surface area (Å²) in [6.07, 6.45) is 1.90. The fourth-order valence-electron chi connectivity index (χ4n) is 2.24. The van der Waals surface area contributed by atoms with Gasteiger partial charge in [0.1, 0.15) is 0 Å². The number of aromatic nitrogens is 2. The Morgan fingerprint density at radius 3 is 2.16 bits per heavy atom. The van der Waals surface area contributed by atoms with Gasteiger partial charge in [-0.15, -0.1) is 0 Å². The second kappa shape index (κ2) is 8.34. The minimum absolute atomic E-state index is 0.520. The van der Waals surface area contributed by atoms with E-state index in [1.807, 2.05) is 65.5 Å². The molecule has 0 unspecified atom stereocenters. The van der Waals surface area contributed by atoms with Crippen LogP contribution in [0.3, 0.4) is 0 Å². The summed E-state index contributed by atoms with van der Waals surface area (Å²) in [6, 6.07) is 17.2. The molecule has 4 nitrogen and oxygen atoms in total. The van der Waals surface area contributed by atoms with Gasteiger partial charge in [0.15, 0.2) is 10.9 Å². The van der Waals surface area contributed by atoms with Crippen molar-refractivity contribution in [3.63, 3.8) is 0 Å². The van der Waals surface area contributed by atoms with Crippen molar-refractivity contribution >= 4 is 46.4 Å². The topological polar surface area (TPSA) is 41.9 Å². The van der Waals surface area contributed by atoms with Crippen molar-refractivity contribution in [3.05, 3.63) is 82.0 Å². The van der Waals surface area contributed by atoms with Crippen LogP contribution in [0, 0.1) is 0 Å². The summed E-state index contributed by atoms with van der Waals surface area (Å²) in [6.45, 7) is 1.29. The number of halogens is 2. The van der Waals surface area contributed by atoms with E-state index in [1.165, 1.54) is 0 Å².